The summed E-state index contributed by atoms with van der Waals surface area (Å²) in [5, 5.41) is 9.62. The van der Waals surface area contributed by atoms with E-state index in [4.69, 9.17) is 4.74 Å². The van der Waals surface area contributed by atoms with Gasteiger partial charge in [0, 0.05) is 16.3 Å². The maximum absolute atomic E-state index is 12.1. The van der Waals surface area contributed by atoms with E-state index in [0.29, 0.717) is 18.4 Å². The Labute approximate surface area is 143 Å². The van der Waals surface area contributed by atoms with Crippen LogP contribution in [0.15, 0.2) is 41.4 Å². The number of carbonyl (C=O) groups excluding carboxylic acids is 1. The Kier molecular flexibility index (Phi) is 5.61. The summed E-state index contributed by atoms with van der Waals surface area (Å²) in [4.78, 5) is 12.1. The number of halogens is 1. The highest BCUT2D eigenvalue weighted by Gasteiger charge is 2.44. The highest BCUT2D eigenvalue weighted by Crippen LogP contribution is 2.42. The summed E-state index contributed by atoms with van der Waals surface area (Å²) >= 11 is 3.26. The highest BCUT2D eigenvalue weighted by molar-refractivity contribution is 9.10. The van der Waals surface area contributed by atoms with Crippen molar-refractivity contribution in [3.05, 3.63) is 47.0 Å². The summed E-state index contributed by atoms with van der Waals surface area (Å²) in [6, 6.07) is 6.56. The Hall–Kier alpha value is -1.22. The Morgan fingerprint density at radius 2 is 1.91 bits per heavy atom. The van der Waals surface area contributed by atoms with Crippen LogP contribution in [0.5, 0.6) is 0 Å². The zero-order valence-electron chi connectivity index (χ0n) is 12.1. The number of esters is 1. The molecular weight excluding hydrogens is 388 g/mol. The zero-order chi connectivity index (χ0) is 17.2. The SMILES string of the molecule is C=C[C@H](OC(=O)c1ccc(Br)cc1)[C@@H]1CC[C@H]1C(O)S(=O)(=O)[O-]. The van der Waals surface area contributed by atoms with Crippen LogP contribution >= 0.6 is 15.9 Å². The van der Waals surface area contributed by atoms with Crippen molar-refractivity contribution in [2.24, 2.45) is 11.8 Å². The van der Waals surface area contributed by atoms with Gasteiger partial charge in [0.15, 0.2) is 0 Å². The van der Waals surface area contributed by atoms with Gasteiger partial charge in [0.2, 0.25) is 0 Å². The molecule has 0 amide bonds. The molecule has 0 radical (unpaired) electrons. The van der Waals surface area contributed by atoms with Gasteiger partial charge >= 0.3 is 5.97 Å². The molecule has 126 valence electrons. The summed E-state index contributed by atoms with van der Waals surface area (Å²) in [6.07, 6.45) is 1.55. The predicted molar refractivity (Wildman–Crippen MR) is 85.5 cm³/mol. The zero-order valence-corrected chi connectivity index (χ0v) is 14.5. The third-order valence-electron chi connectivity index (χ3n) is 4.02. The molecule has 6 nitrogen and oxygen atoms in total. The molecule has 0 aliphatic heterocycles. The van der Waals surface area contributed by atoms with Crippen molar-refractivity contribution in [2.45, 2.75) is 24.4 Å². The molecule has 4 atom stereocenters. The summed E-state index contributed by atoms with van der Waals surface area (Å²) < 4.78 is 39.0. The van der Waals surface area contributed by atoms with Crippen LogP contribution in [0, 0.1) is 11.8 Å². The van der Waals surface area contributed by atoms with E-state index in [1.165, 1.54) is 6.08 Å². The summed E-state index contributed by atoms with van der Waals surface area (Å²) in [6.45, 7) is 3.59. The minimum Gasteiger partial charge on any atom is -0.746 e. The fourth-order valence-corrected chi connectivity index (χ4v) is 3.65. The van der Waals surface area contributed by atoms with Crippen LogP contribution in [0.25, 0.3) is 0 Å². The Balaban J connectivity index is 2.07. The van der Waals surface area contributed by atoms with E-state index in [1.807, 2.05) is 0 Å². The second kappa shape index (κ2) is 7.12. The van der Waals surface area contributed by atoms with E-state index in [-0.39, 0.29) is 0 Å². The van der Waals surface area contributed by atoms with E-state index < -0.39 is 39.5 Å². The molecule has 0 saturated heterocycles. The third kappa shape index (κ3) is 4.20. The number of benzene rings is 1. The van der Waals surface area contributed by atoms with Gasteiger partial charge in [0.1, 0.15) is 21.7 Å². The van der Waals surface area contributed by atoms with Crippen molar-refractivity contribution in [2.75, 3.05) is 0 Å². The van der Waals surface area contributed by atoms with Gasteiger partial charge in [0.05, 0.1) is 5.56 Å². The molecule has 23 heavy (non-hydrogen) atoms. The fraction of sp³-hybridized carbons (Fsp3) is 0.400. The summed E-state index contributed by atoms with van der Waals surface area (Å²) in [5.41, 5.74) is -1.65. The molecule has 1 fully saturated rings. The lowest BCUT2D eigenvalue weighted by Crippen LogP contribution is -2.46. The first-order valence-electron chi connectivity index (χ1n) is 6.96. The summed E-state index contributed by atoms with van der Waals surface area (Å²) in [7, 11) is -4.80. The number of hydrogen-bond acceptors (Lipinski definition) is 6. The van der Waals surface area contributed by atoms with Gasteiger partial charge in [-0.25, -0.2) is 13.2 Å². The van der Waals surface area contributed by atoms with E-state index in [2.05, 4.69) is 22.5 Å². The van der Waals surface area contributed by atoms with Crippen LogP contribution in [0.3, 0.4) is 0 Å². The lowest BCUT2D eigenvalue weighted by Gasteiger charge is -2.43. The van der Waals surface area contributed by atoms with Crippen molar-refractivity contribution in [1.29, 1.82) is 0 Å². The number of rotatable bonds is 6. The van der Waals surface area contributed by atoms with Gasteiger partial charge in [-0.05, 0) is 37.1 Å². The fourth-order valence-electron chi connectivity index (χ4n) is 2.62. The van der Waals surface area contributed by atoms with Crippen LogP contribution < -0.4 is 0 Å². The lowest BCUT2D eigenvalue weighted by molar-refractivity contribution is -0.0276. The number of hydrogen-bond donors (Lipinski definition) is 1. The second-order valence-electron chi connectivity index (χ2n) is 5.40. The third-order valence-corrected chi connectivity index (χ3v) is 5.49. The van der Waals surface area contributed by atoms with Gasteiger partial charge < -0.3 is 14.4 Å². The molecule has 0 heterocycles. The first-order chi connectivity index (χ1) is 10.7. The van der Waals surface area contributed by atoms with E-state index >= 15 is 0 Å². The van der Waals surface area contributed by atoms with Crippen molar-refractivity contribution < 1.29 is 27.6 Å². The molecule has 1 aliphatic carbocycles. The Bertz CT molecular complexity index is 684. The Morgan fingerprint density at radius 1 is 1.35 bits per heavy atom. The van der Waals surface area contributed by atoms with Crippen LogP contribution in [0.1, 0.15) is 23.2 Å². The minimum atomic E-state index is -4.80. The molecule has 1 aromatic carbocycles. The first kappa shape index (κ1) is 18.1. The first-order valence-corrected chi connectivity index (χ1v) is 9.22. The van der Waals surface area contributed by atoms with E-state index in [1.54, 1.807) is 24.3 Å². The van der Waals surface area contributed by atoms with Gasteiger partial charge in [-0.2, -0.15) is 0 Å². The summed E-state index contributed by atoms with van der Waals surface area (Å²) in [5.74, 6) is -1.77. The van der Waals surface area contributed by atoms with Crippen LogP contribution in [-0.4, -0.2) is 35.6 Å². The predicted octanol–water partition coefficient (Wildman–Crippen LogP) is 2.05. The molecule has 1 N–H and O–H groups in total. The quantitative estimate of drug-likeness (QED) is 0.442. The van der Waals surface area contributed by atoms with Crippen LogP contribution in [-0.2, 0) is 14.9 Å². The maximum atomic E-state index is 12.1. The smallest absolute Gasteiger partial charge is 0.338 e. The van der Waals surface area contributed by atoms with Gasteiger partial charge in [-0.1, -0.05) is 28.6 Å². The van der Waals surface area contributed by atoms with Gasteiger partial charge in [-0.15, -0.1) is 0 Å². The maximum Gasteiger partial charge on any atom is 0.338 e. The van der Waals surface area contributed by atoms with Gasteiger partial charge in [-0.3, -0.25) is 0 Å². The normalized spacial score (nSPS) is 23.4. The minimum absolute atomic E-state index is 0.341. The molecule has 2 rings (SSSR count). The molecule has 0 spiro atoms. The molecule has 0 aromatic heterocycles. The molecule has 1 saturated carbocycles. The van der Waals surface area contributed by atoms with Crippen LogP contribution in [0.2, 0.25) is 0 Å². The van der Waals surface area contributed by atoms with Crippen molar-refractivity contribution in [3.63, 3.8) is 0 Å². The second-order valence-corrected chi connectivity index (χ2v) is 7.79. The van der Waals surface area contributed by atoms with Gasteiger partial charge in [0.25, 0.3) is 0 Å². The van der Waals surface area contributed by atoms with E-state index in [9.17, 15) is 22.9 Å². The number of carbonyl (C=O) groups is 1. The van der Waals surface area contributed by atoms with Crippen molar-refractivity contribution in [1.82, 2.24) is 0 Å². The van der Waals surface area contributed by atoms with E-state index in [0.717, 1.165) is 4.47 Å². The Morgan fingerprint density at radius 3 is 2.35 bits per heavy atom. The average molecular weight is 404 g/mol. The largest absolute Gasteiger partial charge is 0.746 e. The molecule has 0 bridgehead atoms. The van der Waals surface area contributed by atoms with Crippen molar-refractivity contribution in [3.8, 4) is 0 Å². The van der Waals surface area contributed by atoms with Crippen molar-refractivity contribution >= 4 is 32.0 Å². The molecule has 1 aromatic rings. The lowest BCUT2D eigenvalue weighted by atomic mass is 9.71. The number of ether oxygens (including phenoxy) is 1. The number of aliphatic hydroxyl groups is 1. The standard InChI is InChI=1S/C15H17BrO6S/c1-2-13(11-7-8-12(11)15(18)23(19,20)21)22-14(17)9-3-5-10(16)6-4-9/h2-6,11-13,15,18H,1,7-8H2,(H,19,20,21)/p-1/t11-,12-,13+,15?/m1/s1. The molecule has 8 heteroatoms. The average Bonchev–Trinajstić information content (AvgIpc) is 2.44. The molecular formula is C15H16BrO6S-. The molecule has 1 aliphatic rings. The number of aliphatic hydroxyl groups excluding tert-OH is 1. The highest BCUT2D eigenvalue weighted by atomic mass is 79.9. The van der Waals surface area contributed by atoms with Crippen LogP contribution in [0.4, 0.5) is 0 Å². The molecule has 1 unspecified atom stereocenters. The monoisotopic (exact) mass is 403 g/mol. The topological polar surface area (TPSA) is 104 Å².